The quantitative estimate of drug-likeness (QED) is 0.769. The summed E-state index contributed by atoms with van der Waals surface area (Å²) in [4.78, 5) is 12.0. The second kappa shape index (κ2) is 5.20. The normalized spacial score (nSPS) is 10.6. The Kier molecular flexibility index (Phi) is 3.23. The predicted octanol–water partition coefficient (Wildman–Crippen LogP) is 2.33. The van der Waals surface area contributed by atoms with Crippen LogP contribution in [0.15, 0.2) is 34.7 Å². The predicted molar refractivity (Wildman–Crippen MR) is 75.7 cm³/mol. The van der Waals surface area contributed by atoms with Crippen LogP contribution in [0.25, 0.3) is 11.5 Å². The van der Waals surface area contributed by atoms with Crippen LogP contribution in [0, 0.1) is 13.8 Å². The Balaban J connectivity index is 1.82. The molecule has 1 aromatic carbocycles. The average molecular weight is 283 g/mol. The van der Waals surface area contributed by atoms with Crippen molar-refractivity contribution in [2.24, 2.45) is 0 Å². The topological polar surface area (TPSA) is 96.7 Å². The lowest BCUT2D eigenvalue weighted by atomic mass is 10.2. The molecule has 0 bridgehead atoms. The number of amides is 1. The maximum Gasteiger partial charge on any atom is 0.276 e. The number of benzene rings is 1. The number of nitrogens with zero attached hydrogens (tertiary/aromatic N) is 3. The average Bonchev–Trinajstić information content (AvgIpc) is 3.08. The van der Waals surface area contributed by atoms with E-state index in [1.807, 2.05) is 13.0 Å². The van der Waals surface area contributed by atoms with Crippen LogP contribution < -0.4 is 5.32 Å². The summed E-state index contributed by atoms with van der Waals surface area (Å²) in [5, 5.41) is 17.2. The standard InChI is InChI=1S/C14H13N5O2/c1-8-6-12(18-16-8)13(20)15-11-5-3-4-10(7-11)14-19-17-9(2)21-14/h3-7H,1-2H3,(H,15,20)(H,16,18). The molecule has 0 saturated carbocycles. The SMILES string of the molecule is Cc1cc(C(=O)Nc2cccc(-c3nnc(C)o3)c2)n[nH]1. The summed E-state index contributed by atoms with van der Waals surface area (Å²) >= 11 is 0. The number of H-pyrrole nitrogens is 1. The Morgan fingerprint density at radius 1 is 1.24 bits per heavy atom. The Labute approximate surface area is 120 Å². The zero-order valence-electron chi connectivity index (χ0n) is 11.5. The molecule has 2 heterocycles. The van der Waals surface area contributed by atoms with Crippen LogP contribution >= 0.6 is 0 Å². The molecule has 0 unspecified atom stereocenters. The molecule has 106 valence electrons. The van der Waals surface area contributed by atoms with Gasteiger partial charge in [-0.1, -0.05) is 6.07 Å². The first-order valence-electron chi connectivity index (χ1n) is 6.36. The zero-order chi connectivity index (χ0) is 14.8. The van der Waals surface area contributed by atoms with Crippen LogP contribution in [0.1, 0.15) is 22.1 Å². The van der Waals surface area contributed by atoms with Crippen molar-refractivity contribution in [2.45, 2.75) is 13.8 Å². The maximum absolute atomic E-state index is 12.0. The van der Waals surface area contributed by atoms with Gasteiger partial charge in [0, 0.05) is 23.9 Å². The van der Waals surface area contributed by atoms with Crippen molar-refractivity contribution < 1.29 is 9.21 Å². The highest BCUT2D eigenvalue weighted by molar-refractivity contribution is 6.03. The van der Waals surface area contributed by atoms with E-state index in [0.717, 1.165) is 11.3 Å². The number of hydrogen-bond acceptors (Lipinski definition) is 5. The summed E-state index contributed by atoms with van der Waals surface area (Å²) in [5.41, 5.74) is 2.54. The molecule has 0 radical (unpaired) electrons. The fourth-order valence-corrected chi connectivity index (χ4v) is 1.87. The molecule has 0 aliphatic carbocycles. The van der Waals surface area contributed by atoms with Gasteiger partial charge < -0.3 is 9.73 Å². The van der Waals surface area contributed by atoms with Gasteiger partial charge in [-0.2, -0.15) is 5.10 Å². The molecule has 21 heavy (non-hydrogen) atoms. The molecule has 3 aromatic rings. The first-order chi connectivity index (χ1) is 10.1. The van der Waals surface area contributed by atoms with Crippen molar-refractivity contribution in [3.63, 3.8) is 0 Å². The summed E-state index contributed by atoms with van der Waals surface area (Å²) in [7, 11) is 0. The Bertz CT molecular complexity index is 790. The Morgan fingerprint density at radius 2 is 2.10 bits per heavy atom. The van der Waals surface area contributed by atoms with E-state index in [9.17, 15) is 4.79 Å². The highest BCUT2D eigenvalue weighted by Crippen LogP contribution is 2.21. The second-order valence-electron chi connectivity index (χ2n) is 4.60. The molecule has 0 saturated heterocycles. The number of carbonyl (C=O) groups is 1. The molecule has 0 fully saturated rings. The van der Waals surface area contributed by atoms with Crippen molar-refractivity contribution in [3.05, 3.63) is 47.6 Å². The number of anilines is 1. The molecule has 0 spiro atoms. The fourth-order valence-electron chi connectivity index (χ4n) is 1.87. The van der Waals surface area contributed by atoms with Crippen molar-refractivity contribution >= 4 is 11.6 Å². The van der Waals surface area contributed by atoms with Gasteiger partial charge in [-0.25, -0.2) is 0 Å². The minimum atomic E-state index is -0.279. The first kappa shape index (κ1) is 13.0. The first-order valence-corrected chi connectivity index (χ1v) is 6.36. The number of nitrogens with one attached hydrogen (secondary N) is 2. The number of aromatic nitrogens is 4. The lowest BCUT2D eigenvalue weighted by molar-refractivity contribution is 0.102. The van der Waals surface area contributed by atoms with Gasteiger partial charge in [0.15, 0.2) is 5.69 Å². The van der Waals surface area contributed by atoms with E-state index in [1.165, 1.54) is 0 Å². The smallest absolute Gasteiger partial charge is 0.276 e. The Morgan fingerprint density at radius 3 is 2.76 bits per heavy atom. The van der Waals surface area contributed by atoms with Crippen LogP contribution in [0.5, 0.6) is 0 Å². The van der Waals surface area contributed by atoms with Gasteiger partial charge in [0.2, 0.25) is 11.8 Å². The lowest BCUT2D eigenvalue weighted by Crippen LogP contribution is -2.12. The minimum absolute atomic E-state index is 0.279. The minimum Gasteiger partial charge on any atom is -0.421 e. The van der Waals surface area contributed by atoms with Crippen molar-refractivity contribution in [2.75, 3.05) is 5.32 Å². The molecule has 7 nitrogen and oxygen atoms in total. The summed E-state index contributed by atoms with van der Waals surface area (Å²) in [6.45, 7) is 3.56. The van der Waals surface area contributed by atoms with Gasteiger partial charge in [0.05, 0.1) is 0 Å². The fraction of sp³-hybridized carbons (Fsp3) is 0.143. The van der Waals surface area contributed by atoms with E-state index in [-0.39, 0.29) is 5.91 Å². The molecule has 7 heteroatoms. The molecule has 0 aliphatic rings. The zero-order valence-corrected chi connectivity index (χ0v) is 11.5. The van der Waals surface area contributed by atoms with Gasteiger partial charge >= 0.3 is 0 Å². The van der Waals surface area contributed by atoms with Gasteiger partial charge in [-0.05, 0) is 31.2 Å². The van der Waals surface area contributed by atoms with E-state index >= 15 is 0 Å². The van der Waals surface area contributed by atoms with Crippen LogP contribution in [0.4, 0.5) is 5.69 Å². The van der Waals surface area contributed by atoms with Gasteiger partial charge in [-0.15, -0.1) is 10.2 Å². The monoisotopic (exact) mass is 283 g/mol. The van der Waals surface area contributed by atoms with E-state index < -0.39 is 0 Å². The molecular weight excluding hydrogens is 270 g/mol. The largest absolute Gasteiger partial charge is 0.421 e. The van der Waals surface area contributed by atoms with E-state index in [1.54, 1.807) is 31.2 Å². The van der Waals surface area contributed by atoms with Crippen molar-refractivity contribution in [1.82, 2.24) is 20.4 Å². The van der Waals surface area contributed by atoms with Crippen LogP contribution in [-0.4, -0.2) is 26.3 Å². The van der Waals surface area contributed by atoms with Crippen LogP contribution in [0.2, 0.25) is 0 Å². The third-order valence-electron chi connectivity index (χ3n) is 2.83. The summed E-state index contributed by atoms with van der Waals surface area (Å²) < 4.78 is 5.37. The summed E-state index contributed by atoms with van der Waals surface area (Å²) in [6, 6.07) is 8.87. The number of hydrogen-bond donors (Lipinski definition) is 2. The maximum atomic E-state index is 12.0. The Hall–Kier alpha value is -2.96. The molecule has 3 rings (SSSR count). The second-order valence-corrected chi connectivity index (χ2v) is 4.60. The third kappa shape index (κ3) is 2.81. The highest BCUT2D eigenvalue weighted by Gasteiger charge is 2.11. The van der Waals surface area contributed by atoms with E-state index in [0.29, 0.717) is 23.2 Å². The van der Waals surface area contributed by atoms with Crippen molar-refractivity contribution in [3.8, 4) is 11.5 Å². The summed E-state index contributed by atoms with van der Waals surface area (Å²) in [6.07, 6.45) is 0. The van der Waals surface area contributed by atoms with Crippen LogP contribution in [0.3, 0.4) is 0 Å². The van der Waals surface area contributed by atoms with E-state index in [2.05, 4.69) is 25.7 Å². The molecule has 2 N–H and O–H groups in total. The van der Waals surface area contributed by atoms with Gasteiger partial charge in [-0.3, -0.25) is 9.89 Å². The van der Waals surface area contributed by atoms with Crippen molar-refractivity contribution in [1.29, 1.82) is 0 Å². The van der Waals surface area contributed by atoms with E-state index in [4.69, 9.17) is 4.42 Å². The third-order valence-corrected chi connectivity index (χ3v) is 2.83. The van der Waals surface area contributed by atoms with Gasteiger partial charge in [0.25, 0.3) is 5.91 Å². The number of rotatable bonds is 3. The molecule has 0 atom stereocenters. The van der Waals surface area contributed by atoms with Crippen LogP contribution in [-0.2, 0) is 0 Å². The van der Waals surface area contributed by atoms with Gasteiger partial charge in [0.1, 0.15) is 0 Å². The number of aryl methyl sites for hydroxylation is 2. The summed E-state index contributed by atoms with van der Waals surface area (Å²) in [5.74, 6) is 0.629. The molecule has 1 amide bonds. The number of aromatic amines is 1. The number of carbonyl (C=O) groups excluding carboxylic acids is 1. The highest BCUT2D eigenvalue weighted by atomic mass is 16.4. The lowest BCUT2D eigenvalue weighted by Gasteiger charge is -2.04. The molecular formula is C14H13N5O2. The molecule has 0 aliphatic heterocycles. The molecule has 2 aromatic heterocycles.